The second-order valence-electron chi connectivity index (χ2n) is 5.20. The molecule has 0 fully saturated rings. The van der Waals surface area contributed by atoms with Crippen molar-refractivity contribution in [1.29, 1.82) is 0 Å². The molecular formula is C14H12ClF3N2O4S2. The van der Waals surface area contributed by atoms with E-state index in [9.17, 15) is 30.0 Å². The first kappa shape index (κ1) is 20.3. The summed E-state index contributed by atoms with van der Waals surface area (Å²) in [5, 5.41) is -0.374. The molecule has 0 unspecified atom stereocenters. The van der Waals surface area contributed by atoms with Crippen LogP contribution < -0.4 is 9.44 Å². The van der Waals surface area contributed by atoms with Crippen molar-refractivity contribution in [3.05, 3.63) is 53.1 Å². The Labute approximate surface area is 153 Å². The van der Waals surface area contributed by atoms with E-state index < -0.39 is 36.7 Å². The van der Waals surface area contributed by atoms with Gasteiger partial charge in [0.2, 0.25) is 10.0 Å². The largest absolute Gasteiger partial charge is 0.416 e. The van der Waals surface area contributed by atoms with E-state index >= 15 is 0 Å². The molecule has 0 radical (unpaired) electrons. The third-order valence-electron chi connectivity index (χ3n) is 2.99. The van der Waals surface area contributed by atoms with Gasteiger partial charge in [-0.1, -0.05) is 11.6 Å². The van der Waals surface area contributed by atoms with Gasteiger partial charge in [0, 0.05) is 11.4 Å². The first-order chi connectivity index (χ1) is 11.8. The monoisotopic (exact) mass is 428 g/mol. The topological polar surface area (TPSA) is 92.3 Å². The molecule has 2 N–H and O–H groups in total. The third kappa shape index (κ3) is 5.26. The minimum Gasteiger partial charge on any atom is -0.284 e. The van der Waals surface area contributed by atoms with Gasteiger partial charge in [0.1, 0.15) is 4.90 Å². The van der Waals surface area contributed by atoms with Crippen LogP contribution in [0.3, 0.4) is 0 Å². The fourth-order valence-electron chi connectivity index (χ4n) is 1.92. The van der Waals surface area contributed by atoms with Crippen molar-refractivity contribution in [3.63, 3.8) is 0 Å². The summed E-state index contributed by atoms with van der Waals surface area (Å²) < 4.78 is 89.5. The molecule has 12 heteroatoms. The molecule has 0 bridgehead atoms. The predicted octanol–water partition coefficient (Wildman–Crippen LogP) is 3.53. The molecule has 2 rings (SSSR count). The number of sulfonamides is 2. The number of anilines is 2. The van der Waals surface area contributed by atoms with Gasteiger partial charge in [-0.15, -0.1) is 0 Å². The second kappa shape index (κ2) is 6.97. The number of nitrogens with one attached hydrogen (secondary N) is 2. The Morgan fingerprint density at radius 2 is 1.38 bits per heavy atom. The molecule has 0 amide bonds. The summed E-state index contributed by atoms with van der Waals surface area (Å²) in [6, 6.07) is 7.01. The second-order valence-corrected chi connectivity index (χ2v) is 9.01. The first-order valence-electron chi connectivity index (χ1n) is 6.75. The van der Waals surface area contributed by atoms with Crippen LogP contribution in [-0.2, 0) is 26.2 Å². The van der Waals surface area contributed by atoms with Gasteiger partial charge in [0.05, 0.1) is 16.8 Å². The van der Waals surface area contributed by atoms with Gasteiger partial charge in [0.25, 0.3) is 10.0 Å². The summed E-state index contributed by atoms with van der Waals surface area (Å²) in [6.07, 6.45) is -3.78. The standard InChI is InChI=1S/C14H12ClF3N2O4S2/c1-25(21,22)19-10-3-5-11(6-4-10)20-26(23,24)13-8-9(14(16,17)18)2-7-12(13)15/h2-8,19-20H,1H3. The molecule has 0 saturated heterocycles. The van der Waals surface area contributed by atoms with Crippen LogP contribution in [0.2, 0.25) is 5.02 Å². The van der Waals surface area contributed by atoms with E-state index in [1.165, 1.54) is 24.3 Å². The zero-order valence-corrected chi connectivity index (χ0v) is 15.4. The van der Waals surface area contributed by atoms with Crippen LogP contribution in [0.25, 0.3) is 0 Å². The molecule has 0 aliphatic heterocycles. The number of hydrogen-bond donors (Lipinski definition) is 2. The minimum atomic E-state index is -4.73. The summed E-state index contributed by atoms with van der Waals surface area (Å²) in [7, 11) is -7.90. The fraction of sp³-hybridized carbons (Fsp3) is 0.143. The first-order valence-corrected chi connectivity index (χ1v) is 10.5. The third-order valence-corrected chi connectivity index (χ3v) is 5.46. The van der Waals surface area contributed by atoms with Crippen LogP contribution in [-0.4, -0.2) is 23.1 Å². The maximum absolute atomic E-state index is 12.8. The predicted molar refractivity (Wildman–Crippen MR) is 92.2 cm³/mol. The minimum absolute atomic E-state index is 0.0116. The van der Waals surface area contributed by atoms with E-state index in [1.54, 1.807) is 0 Å². The molecule has 0 spiro atoms. The van der Waals surface area contributed by atoms with Crippen molar-refractivity contribution >= 4 is 43.0 Å². The van der Waals surface area contributed by atoms with Crippen LogP contribution in [0, 0.1) is 0 Å². The molecule has 6 nitrogen and oxygen atoms in total. The normalized spacial score (nSPS) is 12.7. The van der Waals surface area contributed by atoms with Crippen molar-refractivity contribution < 1.29 is 30.0 Å². The van der Waals surface area contributed by atoms with Crippen LogP contribution in [0.15, 0.2) is 47.4 Å². The lowest BCUT2D eigenvalue weighted by Gasteiger charge is -2.13. The van der Waals surface area contributed by atoms with Crippen molar-refractivity contribution in [2.75, 3.05) is 15.7 Å². The van der Waals surface area contributed by atoms with Crippen LogP contribution in [0.1, 0.15) is 5.56 Å². The van der Waals surface area contributed by atoms with Gasteiger partial charge in [-0.2, -0.15) is 13.2 Å². The lowest BCUT2D eigenvalue weighted by molar-refractivity contribution is -0.137. The molecule has 0 aliphatic rings. The van der Waals surface area contributed by atoms with E-state index in [0.717, 1.165) is 12.3 Å². The molecule has 0 atom stereocenters. The van der Waals surface area contributed by atoms with Gasteiger partial charge < -0.3 is 0 Å². The number of rotatable bonds is 5. The van der Waals surface area contributed by atoms with Crippen LogP contribution >= 0.6 is 11.6 Å². The van der Waals surface area contributed by atoms with E-state index in [-0.39, 0.29) is 16.4 Å². The average Bonchev–Trinajstić information content (AvgIpc) is 2.46. The Bertz CT molecular complexity index is 1020. The van der Waals surface area contributed by atoms with Crippen molar-refractivity contribution in [1.82, 2.24) is 0 Å². The zero-order valence-electron chi connectivity index (χ0n) is 13.0. The maximum Gasteiger partial charge on any atom is 0.416 e. The molecule has 2 aromatic carbocycles. The van der Waals surface area contributed by atoms with Gasteiger partial charge >= 0.3 is 6.18 Å². The molecule has 0 aromatic heterocycles. The average molecular weight is 429 g/mol. The molecule has 142 valence electrons. The lowest BCUT2D eigenvalue weighted by atomic mass is 10.2. The van der Waals surface area contributed by atoms with Crippen LogP contribution in [0.5, 0.6) is 0 Å². The Kier molecular flexibility index (Phi) is 5.45. The molecule has 2 aromatic rings. The van der Waals surface area contributed by atoms with Gasteiger partial charge in [-0.05, 0) is 42.5 Å². The highest BCUT2D eigenvalue weighted by molar-refractivity contribution is 7.93. The Balaban J connectivity index is 2.32. The van der Waals surface area contributed by atoms with Gasteiger partial charge in [-0.25, -0.2) is 16.8 Å². The zero-order chi connectivity index (χ0) is 19.8. The number of hydrogen-bond acceptors (Lipinski definition) is 4. The lowest BCUT2D eigenvalue weighted by Crippen LogP contribution is -2.15. The summed E-state index contributed by atoms with van der Waals surface area (Å²) in [5.74, 6) is 0. The molecule has 0 saturated carbocycles. The summed E-state index contributed by atoms with van der Waals surface area (Å²) in [4.78, 5) is -0.729. The van der Waals surface area contributed by atoms with E-state index in [0.29, 0.717) is 12.1 Å². The highest BCUT2D eigenvalue weighted by Gasteiger charge is 2.32. The molecule has 26 heavy (non-hydrogen) atoms. The number of halogens is 4. The Morgan fingerprint density at radius 3 is 1.85 bits per heavy atom. The molecule has 0 heterocycles. The smallest absolute Gasteiger partial charge is 0.284 e. The van der Waals surface area contributed by atoms with Gasteiger partial charge in [0.15, 0.2) is 0 Å². The Morgan fingerprint density at radius 1 is 0.885 bits per heavy atom. The fourth-order valence-corrected chi connectivity index (χ4v) is 4.07. The maximum atomic E-state index is 12.8. The van der Waals surface area contributed by atoms with Crippen LogP contribution in [0.4, 0.5) is 24.5 Å². The van der Waals surface area contributed by atoms with Crippen molar-refractivity contribution in [2.24, 2.45) is 0 Å². The number of benzene rings is 2. The summed E-state index contributed by atoms with van der Waals surface area (Å²) in [5.41, 5.74) is -0.958. The number of alkyl halides is 3. The van der Waals surface area contributed by atoms with Gasteiger partial charge in [-0.3, -0.25) is 9.44 Å². The molecule has 0 aliphatic carbocycles. The van der Waals surface area contributed by atoms with E-state index in [2.05, 4.69) is 9.44 Å². The van der Waals surface area contributed by atoms with E-state index in [1.807, 2.05) is 0 Å². The summed E-state index contributed by atoms with van der Waals surface area (Å²) >= 11 is 5.73. The quantitative estimate of drug-likeness (QED) is 0.762. The summed E-state index contributed by atoms with van der Waals surface area (Å²) in [6.45, 7) is 0. The SMILES string of the molecule is CS(=O)(=O)Nc1ccc(NS(=O)(=O)c2cc(C(F)(F)F)ccc2Cl)cc1. The Hall–Kier alpha value is -1.98. The van der Waals surface area contributed by atoms with E-state index in [4.69, 9.17) is 11.6 Å². The van der Waals surface area contributed by atoms with Crippen molar-refractivity contribution in [2.45, 2.75) is 11.1 Å². The molecular weight excluding hydrogens is 417 g/mol. The highest BCUT2D eigenvalue weighted by Crippen LogP contribution is 2.34. The highest BCUT2D eigenvalue weighted by atomic mass is 35.5. The van der Waals surface area contributed by atoms with Crippen molar-refractivity contribution in [3.8, 4) is 0 Å².